The summed E-state index contributed by atoms with van der Waals surface area (Å²) < 4.78 is 5.87. The van der Waals surface area contributed by atoms with Crippen molar-refractivity contribution < 1.29 is 14.3 Å². The van der Waals surface area contributed by atoms with Crippen LogP contribution in [0.4, 0.5) is 0 Å². The number of benzene rings is 2. The molecule has 2 amide bonds. The molecule has 1 atom stereocenters. The Hall–Kier alpha value is -2.82. The van der Waals surface area contributed by atoms with E-state index in [1.165, 1.54) is 0 Å². The molecule has 1 aliphatic rings. The molecule has 0 spiro atoms. The molecule has 1 saturated heterocycles. The van der Waals surface area contributed by atoms with Crippen LogP contribution in [0.15, 0.2) is 60.7 Å². The second-order valence-corrected chi connectivity index (χ2v) is 6.77. The number of nitrogens with one attached hydrogen (secondary N) is 1. The van der Waals surface area contributed by atoms with E-state index < -0.39 is 6.10 Å². The van der Waals surface area contributed by atoms with Gasteiger partial charge in [0.05, 0.1) is 0 Å². The second-order valence-electron chi connectivity index (χ2n) is 6.77. The predicted octanol–water partition coefficient (Wildman–Crippen LogP) is 3.27. The van der Waals surface area contributed by atoms with E-state index in [0.29, 0.717) is 30.8 Å². The van der Waals surface area contributed by atoms with Crippen molar-refractivity contribution in [1.29, 1.82) is 0 Å². The van der Waals surface area contributed by atoms with Gasteiger partial charge in [-0.1, -0.05) is 43.3 Å². The number of para-hydroxylation sites is 1. The minimum atomic E-state index is -0.470. The zero-order chi connectivity index (χ0) is 19.1. The third-order valence-electron chi connectivity index (χ3n) is 4.85. The zero-order valence-corrected chi connectivity index (χ0v) is 15.6. The van der Waals surface area contributed by atoms with Gasteiger partial charge in [-0.3, -0.25) is 9.59 Å². The van der Waals surface area contributed by atoms with E-state index in [-0.39, 0.29) is 17.9 Å². The lowest BCUT2D eigenvalue weighted by Gasteiger charge is -2.34. The number of piperidine rings is 1. The molecule has 142 valence electrons. The van der Waals surface area contributed by atoms with Crippen molar-refractivity contribution in [2.75, 3.05) is 13.1 Å². The molecule has 1 N–H and O–H groups in total. The number of nitrogens with zero attached hydrogens (tertiary/aromatic N) is 1. The number of hydrogen-bond acceptors (Lipinski definition) is 3. The van der Waals surface area contributed by atoms with Crippen molar-refractivity contribution in [3.05, 3.63) is 66.2 Å². The number of ether oxygens (including phenoxy) is 1. The molecule has 27 heavy (non-hydrogen) atoms. The third-order valence-corrected chi connectivity index (χ3v) is 4.85. The van der Waals surface area contributed by atoms with Crippen LogP contribution in [-0.4, -0.2) is 41.9 Å². The van der Waals surface area contributed by atoms with Crippen molar-refractivity contribution >= 4 is 11.8 Å². The summed E-state index contributed by atoms with van der Waals surface area (Å²) in [7, 11) is 0. The average molecular weight is 366 g/mol. The Labute approximate surface area is 160 Å². The number of carbonyl (C=O) groups excluding carboxylic acids is 2. The van der Waals surface area contributed by atoms with Crippen LogP contribution in [-0.2, 0) is 4.79 Å². The van der Waals surface area contributed by atoms with Gasteiger partial charge in [0.15, 0.2) is 6.10 Å². The highest BCUT2D eigenvalue weighted by Crippen LogP contribution is 2.17. The first-order chi connectivity index (χ1) is 13.2. The molecule has 0 aromatic heterocycles. The van der Waals surface area contributed by atoms with Crippen LogP contribution in [0.2, 0.25) is 0 Å². The van der Waals surface area contributed by atoms with Crippen LogP contribution < -0.4 is 10.1 Å². The first-order valence-corrected chi connectivity index (χ1v) is 9.53. The topological polar surface area (TPSA) is 58.6 Å². The van der Waals surface area contributed by atoms with Crippen LogP contribution in [0.3, 0.4) is 0 Å². The molecule has 0 saturated carbocycles. The lowest BCUT2D eigenvalue weighted by atomic mass is 10.0. The summed E-state index contributed by atoms with van der Waals surface area (Å²) in [4.78, 5) is 26.9. The molecular weight excluding hydrogens is 340 g/mol. The monoisotopic (exact) mass is 366 g/mol. The first kappa shape index (κ1) is 19.0. The molecule has 0 bridgehead atoms. The summed E-state index contributed by atoms with van der Waals surface area (Å²) in [5.41, 5.74) is 0.665. The smallest absolute Gasteiger partial charge is 0.263 e. The Balaban J connectivity index is 1.50. The van der Waals surface area contributed by atoms with E-state index in [9.17, 15) is 9.59 Å². The fourth-order valence-electron chi connectivity index (χ4n) is 3.28. The molecule has 1 aliphatic heterocycles. The number of hydrogen-bond donors (Lipinski definition) is 1. The van der Waals surface area contributed by atoms with Gasteiger partial charge in [-0.2, -0.15) is 0 Å². The van der Waals surface area contributed by atoms with E-state index in [2.05, 4.69) is 5.32 Å². The van der Waals surface area contributed by atoms with Crippen LogP contribution >= 0.6 is 0 Å². The molecule has 1 heterocycles. The van der Waals surface area contributed by atoms with E-state index in [1.807, 2.05) is 60.4 Å². The van der Waals surface area contributed by atoms with Gasteiger partial charge >= 0.3 is 0 Å². The van der Waals surface area contributed by atoms with Crippen LogP contribution in [0.1, 0.15) is 36.5 Å². The summed E-state index contributed by atoms with van der Waals surface area (Å²) in [6, 6.07) is 18.7. The van der Waals surface area contributed by atoms with Crippen molar-refractivity contribution in [2.45, 2.75) is 38.3 Å². The fourth-order valence-corrected chi connectivity index (χ4v) is 3.28. The number of rotatable bonds is 6. The minimum Gasteiger partial charge on any atom is -0.481 e. The van der Waals surface area contributed by atoms with Gasteiger partial charge in [-0.15, -0.1) is 0 Å². The maximum Gasteiger partial charge on any atom is 0.263 e. The lowest BCUT2D eigenvalue weighted by molar-refractivity contribution is -0.140. The standard InChI is InChI=1S/C22H26N2O3/c1-2-20(27-19-11-7-4-8-12-19)22(26)24-15-13-18(14-16-24)23-21(25)17-9-5-3-6-10-17/h3-12,18,20H,2,13-16H2,1H3,(H,23,25). The van der Waals surface area contributed by atoms with Gasteiger partial charge in [0.2, 0.25) is 0 Å². The summed E-state index contributed by atoms with van der Waals surface area (Å²) >= 11 is 0. The molecule has 2 aromatic carbocycles. The highest BCUT2D eigenvalue weighted by atomic mass is 16.5. The van der Waals surface area contributed by atoms with Crippen LogP contribution in [0, 0.1) is 0 Å². The van der Waals surface area contributed by atoms with Gasteiger partial charge in [-0.05, 0) is 43.5 Å². The average Bonchev–Trinajstić information content (AvgIpc) is 2.73. The molecule has 1 unspecified atom stereocenters. The lowest BCUT2D eigenvalue weighted by Crippen LogP contribution is -2.50. The Morgan fingerprint density at radius 2 is 1.63 bits per heavy atom. The van der Waals surface area contributed by atoms with Crippen LogP contribution in [0.25, 0.3) is 0 Å². The summed E-state index contributed by atoms with van der Waals surface area (Å²) in [6.07, 6.45) is 1.67. The third kappa shape index (κ3) is 5.09. The predicted molar refractivity (Wildman–Crippen MR) is 105 cm³/mol. The quantitative estimate of drug-likeness (QED) is 0.854. The van der Waals surface area contributed by atoms with Gasteiger partial charge in [0, 0.05) is 24.7 Å². The fraction of sp³-hybridized carbons (Fsp3) is 0.364. The number of carbonyl (C=O) groups is 2. The molecule has 5 nitrogen and oxygen atoms in total. The van der Waals surface area contributed by atoms with Crippen molar-refractivity contribution in [3.63, 3.8) is 0 Å². The zero-order valence-electron chi connectivity index (χ0n) is 15.6. The second kappa shape index (κ2) is 9.21. The minimum absolute atomic E-state index is 0.0224. The van der Waals surface area contributed by atoms with Crippen LogP contribution in [0.5, 0.6) is 5.75 Å². The Bertz CT molecular complexity index is 741. The van der Waals surface area contributed by atoms with Gasteiger partial charge < -0.3 is 15.0 Å². The summed E-state index contributed by atoms with van der Waals surface area (Å²) in [5.74, 6) is 0.677. The number of amides is 2. The number of likely N-dealkylation sites (tertiary alicyclic amines) is 1. The molecule has 5 heteroatoms. The molecule has 1 fully saturated rings. The van der Waals surface area contributed by atoms with Gasteiger partial charge in [-0.25, -0.2) is 0 Å². The molecule has 3 rings (SSSR count). The maximum absolute atomic E-state index is 12.8. The largest absolute Gasteiger partial charge is 0.481 e. The summed E-state index contributed by atoms with van der Waals surface area (Å²) in [6.45, 7) is 3.22. The Kier molecular flexibility index (Phi) is 6.47. The van der Waals surface area contributed by atoms with E-state index in [4.69, 9.17) is 4.74 Å². The van der Waals surface area contributed by atoms with E-state index in [0.717, 1.165) is 12.8 Å². The van der Waals surface area contributed by atoms with E-state index >= 15 is 0 Å². The molecule has 0 radical (unpaired) electrons. The SMILES string of the molecule is CCC(Oc1ccccc1)C(=O)N1CCC(NC(=O)c2ccccc2)CC1. The summed E-state index contributed by atoms with van der Waals surface area (Å²) in [5, 5.41) is 3.07. The first-order valence-electron chi connectivity index (χ1n) is 9.53. The van der Waals surface area contributed by atoms with Gasteiger partial charge in [0.1, 0.15) is 5.75 Å². The van der Waals surface area contributed by atoms with Gasteiger partial charge in [0.25, 0.3) is 11.8 Å². The Morgan fingerprint density at radius 1 is 1.04 bits per heavy atom. The highest BCUT2D eigenvalue weighted by Gasteiger charge is 2.29. The van der Waals surface area contributed by atoms with Crippen molar-refractivity contribution in [3.8, 4) is 5.75 Å². The van der Waals surface area contributed by atoms with Crippen molar-refractivity contribution in [1.82, 2.24) is 10.2 Å². The normalized spacial score (nSPS) is 15.8. The molecule has 2 aromatic rings. The Morgan fingerprint density at radius 3 is 2.22 bits per heavy atom. The molecular formula is C22H26N2O3. The maximum atomic E-state index is 12.8. The van der Waals surface area contributed by atoms with E-state index in [1.54, 1.807) is 12.1 Å². The highest BCUT2D eigenvalue weighted by molar-refractivity contribution is 5.94. The van der Waals surface area contributed by atoms with Crippen molar-refractivity contribution in [2.24, 2.45) is 0 Å². The molecule has 0 aliphatic carbocycles.